The highest BCUT2D eigenvalue weighted by Crippen LogP contribution is 2.17. The molecule has 2 heterocycles. The van der Waals surface area contributed by atoms with Crippen molar-refractivity contribution in [2.24, 2.45) is 0 Å². The monoisotopic (exact) mass is 482 g/mol. The molecule has 3 aromatic rings. The number of nitrogens with one attached hydrogen (secondary N) is 3. The van der Waals surface area contributed by atoms with E-state index in [1.54, 1.807) is 57.3 Å². The first-order chi connectivity index (χ1) is 16.1. The molecule has 0 atom stereocenters. The number of rotatable bonds is 10. The summed E-state index contributed by atoms with van der Waals surface area (Å²) in [6.45, 7) is 7.98. The topological polar surface area (TPSA) is 126 Å². The molecule has 0 radical (unpaired) electrons. The van der Waals surface area contributed by atoms with Gasteiger partial charge in [-0.25, -0.2) is 23.4 Å². The summed E-state index contributed by atoms with van der Waals surface area (Å²) < 4.78 is 24.4. The van der Waals surface area contributed by atoms with Crippen LogP contribution < -0.4 is 16.0 Å². The van der Waals surface area contributed by atoms with Crippen molar-refractivity contribution in [3.8, 4) is 0 Å². The lowest BCUT2D eigenvalue weighted by molar-refractivity contribution is -0.120. The van der Waals surface area contributed by atoms with Gasteiger partial charge < -0.3 is 16.0 Å². The van der Waals surface area contributed by atoms with E-state index in [9.17, 15) is 13.2 Å². The summed E-state index contributed by atoms with van der Waals surface area (Å²) in [7, 11) is -3.32. The van der Waals surface area contributed by atoms with E-state index in [2.05, 4.69) is 30.9 Å². The number of sulfone groups is 1. The summed E-state index contributed by atoms with van der Waals surface area (Å²) in [5, 5.41) is 8.72. The third kappa shape index (κ3) is 6.98. The van der Waals surface area contributed by atoms with Crippen molar-refractivity contribution in [2.75, 3.05) is 23.7 Å². The van der Waals surface area contributed by atoms with Gasteiger partial charge in [-0.05, 0) is 63.1 Å². The standard InChI is InChI=1S/C24H30N6O3S/c1-16(2)34(32,33)20-7-5-19(6-8-20)14-24(31)27-12-11-26-22-15-23(29-18(4)28-22)30-21-13-17(3)9-10-25-21/h5-10,13,15-16H,11-12,14H2,1-4H3,(H,27,31)(H2,25,26,28,29,30). The molecule has 0 bridgehead atoms. The van der Waals surface area contributed by atoms with Crippen LogP contribution >= 0.6 is 0 Å². The molecule has 0 spiro atoms. The van der Waals surface area contributed by atoms with Gasteiger partial charge in [0.15, 0.2) is 9.84 Å². The van der Waals surface area contributed by atoms with Crippen LogP contribution in [0.3, 0.4) is 0 Å². The predicted octanol–water partition coefficient (Wildman–Crippen LogP) is 3.18. The molecule has 0 saturated heterocycles. The number of benzene rings is 1. The number of anilines is 3. The number of aromatic nitrogens is 3. The Labute approximate surface area is 200 Å². The van der Waals surface area contributed by atoms with Gasteiger partial charge in [-0.15, -0.1) is 0 Å². The van der Waals surface area contributed by atoms with Crippen molar-refractivity contribution >= 4 is 33.2 Å². The molecule has 3 N–H and O–H groups in total. The first kappa shape index (κ1) is 25.1. The van der Waals surface area contributed by atoms with Crippen LogP contribution in [0.15, 0.2) is 53.6 Å². The van der Waals surface area contributed by atoms with Crippen LogP contribution in [0.4, 0.5) is 17.5 Å². The molecule has 0 unspecified atom stereocenters. The highest BCUT2D eigenvalue weighted by atomic mass is 32.2. The predicted molar refractivity (Wildman–Crippen MR) is 133 cm³/mol. The van der Waals surface area contributed by atoms with Crippen LogP contribution in [0, 0.1) is 13.8 Å². The Bertz CT molecular complexity index is 1240. The molecule has 1 amide bonds. The van der Waals surface area contributed by atoms with Crippen molar-refractivity contribution in [1.29, 1.82) is 0 Å². The van der Waals surface area contributed by atoms with Gasteiger partial charge in [-0.1, -0.05) is 12.1 Å². The smallest absolute Gasteiger partial charge is 0.224 e. The van der Waals surface area contributed by atoms with Crippen LogP contribution in [-0.2, 0) is 21.1 Å². The van der Waals surface area contributed by atoms with Gasteiger partial charge in [0, 0.05) is 25.4 Å². The molecule has 0 fully saturated rings. The Hall–Kier alpha value is -3.53. The fourth-order valence-electron chi connectivity index (χ4n) is 3.17. The Morgan fingerprint density at radius 2 is 1.65 bits per heavy atom. The van der Waals surface area contributed by atoms with Crippen LogP contribution in [0.2, 0.25) is 0 Å². The van der Waals surface area contributed by atoms with E-state index in [0.717, 1.165) is 11.1 Å². The van der Waals surface area contributed by atoms with Crippen LogP contribution in [0.25, 0.3) is 0 Å². The highest BCUT2D eigenvalue weighted by Gasteiger charge is 2.18. The van der Waals surface area contributed by atoms with Crippen LogP contribution in [-0.4, -0.2) is 47.6 Å². The molecule has 34 heavy (non-hydrogen) atoms. The number of hydrogen-bond acceptors (Lipinski definition) is 8. The zero-order valence-corrected chi connectivity index (χ0v) is 20.6. The molecule has 1 aromatic carbocycles. The van der Waals surface area contributed by atoms with E-state index in [1.807, 2.05) is 19.1 Å². The van der Waals surface area contributed by atoms with Crippen molar-refractivity contribution in [2.45, 2.75) is 44.3 Å². The van der Waals surface area contributed by atoms with Crippen molar-refractivity contribution in [1.82, 2.24) is 20.3 Å². The summed E-state index contributed by atoms with van der Waals surface area (Å²) in [5.41, 5.74) is 1.84. The van der Waals surface area contributed by atoms with E-state index in [-0.39, 0.29) is 17.2 Å². The first-order valence-electron chi connectivity index (χ1n) is 11.0. The van der Waals surface area contributed by atoms with Crippen molar-refractivity contribution in [3.05, 3.63) is 65.6 Å². The summed E-state index contributed by atoms with van der Waals surface area (Å²) >= 11 is 0. The molecule has 3 rings (SSSR count). The Morgan fingerprint density at radius 3 is 2.32 bits per heavy atom. The number of carbonyl (C=O) groups is 1. The maximum Gasteiger partial charge on any atom is 0.224 e. The molecule has 0 aliphatic rings. The molecular weight excluding hydrogens is 452 g/mol. The van der Waals surface area contributed by atoms with E-state index < -0.39 is 15.1 Å². The van der Waals surface area contributed by atoms with Gasteiger partial charge in [-0.2, -0.15) is 0 Å². The Kier molecular flexibility index (Phi) is 8.17. The van der Waals surface area contributed by atoms with Crippen molar-refractivity contribution < 1.29 is 13.2 Å². The minimum atomic E-state index is -3.32. The quantitative estimate of drug-likeness (QED) is 0.376. The normalized spacial score (nSPS) is 11.3. The molecule has 2 aromatic heterocycles. The van der Waals surface area contributed by atoms with E-state index in [0.29, 0.717) is 36.4 Å². The number of amides is 1. The van der Waals surface area contributed by atoms with Gasteiger partial charge in [0.1, 0.15) is 23.3 Å². The molecule has 180 valence electrons. The summed E-state index contributed by atoms with van der Waals surface area (Å²) in [6.07, 6.45) is 1.90. The highest BCUT2D eigenvalue weighted by molar-refractivity contribution is 7.92. The largest absolute Gasteiger partial charge is 0.368 e. The third-order valence-corrected chi connectivity index (χ3v) is 7.17. The Balaban J connectivity index is 1.48. The van der Waals surface area contributed by atoms with E-state index >= 15 is 0 Å². The molecule has 9 nitrogen and oxygen atoms in total. The van der Waals surface area contributed by atoms with Gasteiger partial charge in [0.2, 0.25) is 5.91 Å². The second-order valence-electron chi connectivity index (χ2n) is 8.22. The zero-order valence-electron chi connectivity index (χ0n) is 19.8. The number of pyridine rings is 1. The van der Waals surface area contributed by atoms with Crippen LogP contribution in [0.5, 0.6) is 0 Å². The maximum atomic E-state index is 12.3. The number of hydrogen-bond donors (Lipinski definition) is 3. The lowest BCUT2D eigenvalue weighted by Gasteiger charge is -2.11. The summed E-state index contributed by atoms with van der Waals surface area (Å²) in [4.78, 5) is 25.6. The van der Waals surface area contributed by atoms with Gasteiger partial charge in [-0.3, -0.25) is 4.79 Å². The second-order valence-corrected chi connectivity index (χ2v) is 10.7. The number of nitrogens with zero attached hydrogens (tertiary/aromatic N) is 3. The third-order valence-electron chi connectivity index (χ3n) is 5.00. The van der Waals surface area contributed by atoms with Crippen molar-refractivity contribution in [3.63, 3.8) is 0 Å². The van der Waals surface area contributed by atoms with Gasteiger partial charge in [0.25, 0.3) is 0 Å². The molecule has 10 heteroatoms. The van der Waals surface area contributed by atoms with Gasteiger partial charge >= 0.3 is 0 Å². The summed E-state index contributed by atoms with van der Waals surface area (Å²) in [6, 6.07) is 12.1. The lowest BCUT2D eigenvalue weighted by Crippen LogP contribution is -2.30. The molecule has 0 aliphatic heterocycles. The number of carbonyl (C=O) groups excluding carboxylic acids is 1. The average Bonchev–Trinajstić information content (AvgIpc) is 2.77. The molecule has 0 saturated carbocycles. The zero-order chi connectivity index (χ0) is 24.7. The fourth-order valence-corrected chi connectivity index (χ4v) is 4.23. The number of aryl methyl sites for hydroxylation is 2. The maximum absolute atomic E-state index is 12.3. The van der Waals surface area contributed by atoms with E-state index in [4.69, 9.17) is 0 Å². The minimum Gasteiger partial charge on any atom is -0.368 e. The average molecular weight is 483 g/mol. The fraction of sp³-hybridized carbons (Fsp3) is 0.333. The molecule has 0 aliphatic carbocycles. The van der Waals surface area contributed by atoms with E-state index in [1.165, 1.54) is 0 Å². The Morgan fingerprint density at radius 1 is 0.941 bits per heavy atom. The van der Waals surface area contributed by atoms with Crippen LogP contribution in [0.1, 0.15) is 30.8 Å². The lowest BCUT2D eigenvalue weighted by atomic mass is 10.1. The summed E-state index contributed by atoms with van der Waals surface area (Å²) in [5.74, 6) is 2.42. The SMILES string of the molecule is Cc1ccnc(Nc2cc(NCCNC(=O)Cc3ccc(S(=O)(=O)C(C)C)cc3)nc(C)n2)c1. The molecular formula is C24H30N6O3S. The first-order valence-corrected chi connectivity index (χ1v) is 12.6. The minimum absolute atomic E-state index is 0.145. The second kappa shape index (κ2) is 11.1. The van der Waals surface area contributed by atoms with Gasteiger partial charge in [0.05, 0.1) is 16.6 Å².